The first-order valence-electron chi connectivity index (χ1n) is 6.15. The van der Waals surface area contributed by atoms with Crippen LogP contribution in [0.4, 0.5) is 5.69 Å². The number of nitrogens with one attached hydrogen (secondary N) is 2. The van der Waals surface area contributed by atoms with E-state index in [0.29, 0.717) is 16.3 Å². The standard InChI is InChI=1S/C15H11ClN2O3S/c16-11-6-4-9(5-7-11)13(19)18-15(22)17-12-3-1-2-10(8-12)14(20)21/h1-8H,(H,20,21)(H2,17,18,19,22)/p-1. The summed E-state index contributed by atoms with van der Waals surface area (Å²) in [4.78, 5) is 22.7. The van der Waals surface area contributed by atoms with Gasteiger partial charge in [-0.2, -0.15) is 0 Å². The molecule has 0 saturated carbocycles. The van der Waals surface area contributed by atoms with Crippen LogP contribution in [0.1, 0.15) is 20.7 Å². The van der Waals surface area contributed by atoms with Crippen molar-refractivity contribution in [3.05, 3.63) is 64.7 Å². The predicted octanol–water partition coefficient (Wildman–Crippen LogP) is 1.83. The van der Waals surface area contributed by atoms with Gasteiger partial charge in [0.2, 0.25) is 0 Å². The second-order valence-electron chi connectivity index (χ2n) is 4.28. The molecule has 0 aromatic heterocycles. The average molecular weight is 334 g/mol. The molecule has 7 heteroatoms. The molecule has 22 heavy (non-hydrogen) atoms. The zero-order chi connectivity index (χ0) is 16.1. The molecule has 0 saturated heterocycles. The van der Waals surface area contributed by atoms with Gasteiger partial charge in [-0.1, -0.05) is 23.7 Å². The average Bonchev–Trinajstić information content (AvgIpc) is 2.47. The van der Waals surface area contributed by atoms with Crippen LogP contribution >= 0.6 is 23.8 Å². The van der Waals surface area contributed by atoms with Crippen LogP contribution in [-0.4, -0.2) is 17.0 Å². The van der Waals surface area contributed by atoms with Crippen LogP contribution in [0.5, 0.6) is 0 Å². The molecule has 0 bridgehead atoms. The Hall–Kier alpha value is -2.44. The Kier molecular flexibility index (Phi) is 5.08. The van der Waals surface area contributed by atoms with Gasteiger partial charge < -0.3 is 15.2 Å². The lowest BCUT2D eigenvalue weighted by Crippen LogP contribution is -2.34. The zero-order valence-electron chi connectivity index (χ0n) is 11.1. The Bertz CT molecular complexity index is 732. The van der Waals surface area contributed by atoms with Gasteiger partial charge in [0.15, 0.2) is 5.11 Å². The van der Waals surface area contributed by atoms with Gasteiger partial charge in [0, 0.05) is 16.3 Å². The molecule has 2 aromatic rings. The van der Waals surface area contributed by atoms with Crippen molar-refractivity contribution < 1.29 is 14.7 Å². The van der Waals surface area contributed by atoms with Crippen molar-refractivity contribution in [1.82, 2.24) is 5.32 Å². The number of amides is 1. The van der Waals surface area contributed by atoms with Gasteiger partial charge in [0.05, 0.1) is 5.97 Å². The third-order valence-electron chi connectivity index (χ3n) is 2.69. The fraction of sp³-hybridized carbons (Fsp3) is 0. The Labute approximate surface area is 136 Å². The third kappa shape index (κ3) is 4.28. The van der Waals surface area contributed by atoms with Crippen molar-refractivity contribution in [2.45, 2.75) is 0 Å². The van der Waals surface area contributed by atoms with E-state index >= 15 is 0 Å². The number of anilines is 1. The number of halogens is 1. The SMILES string of the molecule is O=C([O-])c1cccc(NC(=S)NC(=O)c2ccc(Cl)cc2)c1. The lowest BCUT2D eigenvalue weighted by molar-refractivity contribution is -0.255. The maximum atomic E-state index is 11.9. The fourth-order valence-electron chi connectivity index (χ4n) is 1.66. The number of carbonyl (C=O) groups excluding carboxylic acids is 2. The van der Waals surface area contributed by atoms with E-state index in [1.807, 2.05) is 0 Å². The Morgan fingerprint density at radius 2 is 1.73 bits per heavy atom. The summed E-state index contributed by atoms with van der Waals surface area (Å²) in [5.74, 6) is -1.69. The van der Waals surface area contributed by atoms with Crippen molar-refractivity contribution >= 4 is 46.5 Å². The molecule has 0 radical (unpaired) electrons. The molecule has 112 valence electrons. The number of thiocarbonyl (C=S) groups is 1. The topological polar surface area (TPSA) is 81.3 Å². The molecule has 5 nitrogen and oxygen atoms in total. The number of aromatic carboxylic acids is 1. The van der Waals surface area contributed by atoms with Crippen molar-refractivity contribution in [2.24, 2.45) is 0 Å². The molecule has 2 N–H and O–H groups in total. The second kappa shape index (κ2) is 7.02. The number of carboxylic acid groups (broad SMARTS) is 1. The number of rotatable bonds is 3. The second-order valence-corrected chi connectivity index (χ2v) is 5.13. The zero-order valence-corrected chi connectivity index (χ0v) is 12.7. The van der Waals surface area contributed by atoms with Crippen LogP contribution in [0.2, 0.25) is 5.02 Å². The summed E-state index contributed by atoms with van der Waals surface area (Å²) in [6.07, 6.45) is 0. The molecular formula is C15H10ClN2O3S-. The van der Waals surface area contributed by atoms with Gasteiger partial charge in [0.1, 0.15) is 0 Å². The molecule has 0 atom stereocenters. The van der Waals surface area contributed by atoms with E-state index in [4.69, 9.17) is 23.8 Å². The number of carbonyl (C=O) groups is 2. The lowest BCUT2D eigenvalue weighted by atomic mass is 10.2. The van der Waals surface area contributed by atoms with E-state index in [2.05, 4.69) is 10.6 Å². The van der Waals surface area contributed by atoms with E-state index in [9.17, 15) is 14.7 Å². The van der Waals surface area contributed by atoms with Crippen LogP contribution in [-0.2, 0) is 0 Å². The van der Waals surface area contributed by atoms with Crippen molar-refractivity contribution in [2.75, 3.05) is 5.32 Å². The minimum Gasteiger partial charge on any atom is -0.545 e. The van der Waals surface area contributed by atoms with Crippen LogP contribution < -0.4 is 15.7 Å². The molecular weight excluding hydrogens is 324 g/mol. The Balaban J connectivity index is 2.01. The van der Waals surface area contributed by atoms with E-state index in [1.54, 1.807) is 30.3 Å². The Morgan fingerprint density at radius 3 is 2.36 bits per heavy atom. The van der Waals surface area contributed by atoms with Crippen LogP contribution in [0.25, 0.3) is 0 Å². The van der Waals surface area contributed by atoms with E-state index in [-0.39, 0.29) is 10.7 Å². The summed E-state index contributed by atoms with van der Waals surface area (Å²) < 4.78 is 0. The first-order chi connectivity index (χ1) is 10.5. The van der Waals surface area contributed by atoms with E-state index in [0.717, 1.165) is 0 Å². The normalized spacial score (nSPS) is 9.86. The number of hydrogen-bond donors (Lipinski definition) is 2. The van der Waals surface area contributed by atoms with E-state index in [1.165, 1.54) is 18.2 Å². The highest BCUT2D eigenvalue weighted by Gasteiger charge is 2.08. The Morgan fingerprint density at radius 1 is 1.05 bits per heavy atom. The minimum absolute atomic E-state index is 0.0110. The molecule has 0 unspecified atom stereocenters. The first-order valence-corrected chi connectivity index (χ1v) is 6.93. The largest absolute Gasteiger partial charge is 0.545 e. The molecule has 0 fully saturated rings. The van der Waals surface area contributed by atoms with Crippen molar-refractivity contribution in [3.8, 4) is 0 Å². The maximum Gasteiger partial charge on any atom is 0.257 e. The summed E-state index contributed by atoms with van der Waals surface area (Å²) in [5.41, 5.74) is 0.844. The van der Waals surface area contributed by atoms with Gasteiger partial charge in [-0.25, -0.2) is 0 Å². The van der Waals surface area contributed by atoms with Crippen LogP contribution in [0.3, 0.4) is 0 Å². The van der Waals surface area contributed by atoms with Crippen molar-refractivity contribution in [1.29, 1.82) is 0 Å². The molecule has 0 aliphatic rings. The summed E-state index contributed by atoms with van der Waals surface area (Å²) in [7, 11) is 0. The molecule has 0 aliphatic heterocycles. The summed E-state index contributed by atoms with van der Waals surface area (Å²) in [5, 5.41) is 16.6. The number of hydrogen-bond acceptors (Lipinski definition) is 4. The number of carboxylic acids is 1. The highest BCUT2D eigenvalue weighted by molar-refractivity contribution is 7.80. The summed E-state index contributed by atoms with van der Waals surface area (Å²) >= 11 is 10.8. The molecule has 0 heterocycles. The maximum absolute atomic E-state index is 11.9. The van der Waals surface area contributed by atoms with Gasteiger partial charge in [-0.15, -0.1) is 0 Å². The van der Waals surface area contributed by atoms with Crippen LogP contribution in [0.15, 0.2) is 48.5 Å². The molecule has 1 amide bonds. The fourth-order valence-corrected chi connectivity index (χ4v) is 2.00. The summed E-state index contributed by atoms with van der Waals surface area (Å²) in [6, 6.07) is 12.2. The predicted molar refractivity (Wildman–Crippen MR) is 85.9 cm³/mol. The van der Waals surface area contributed by atoms with Gasteiger partial charge in [-0.3, -0.25) is 10.1 Å². The molecule has 0 spiro atoms. The highest BCUT2D eigenvalue weighted by atomic mass is 35.5. The highest BCUT2D eigenvalue weighted by Crippen LogP contribution is 2.11. The van der Waals surface area contributed by atoms with Gasteiger partial charge >= 0.3 is 0 Å². The quantitative estimate of drug-likeness (QED) is 0.838. The van der Waals surface area contributed by atoms with Crippen LogP contribution in [0, 0.1) is 0 Å². The smallest absolute Gasteiger partial charge is 0.257 e. The molecule has 2 rings (SSSR count). The molecule has 2 aromatic carbocycles. The summed E-state index contributed by atoms with van der Waals surface area (Å²) in [6.45, 7) is 0. The lowest BCUT2D eigenvalue weighted by Gasteiger charge is -2.11. The third-order valence-corrected chi connectivity index (χ3v) is 3.15. The van der Waals surface area contributed by atoms with Gasteiger partial charge in [-0.05, 0) is 54.2 Å². The van der Waals surface area contributed by atoms with E-state index < -0.39 is 11.9 Å². The van der Waals surface area contributed by atoms with Gasteiger partial charge in [0.25, 0.3) is 5.91 Å². The molecule has 0 aliphatic carbocycles. The minimum atomic E-state index is -1.29. The monoisotopic (exact) mass is 333 g/mol. The number of benzene rings is 2. The van der Waals surface area contributed by atoms with Crippen molar-refractivity contribution in [3.63, 3.8) is 0 Å². The first kappa shape index (κ1) is 15.9.